The van der Waals surface area contributed by atoms with Crippen molar-refractivity contribution >= 4 is 21.6 Å². The number of hydrogen-bond donors (Lipinski definition) is 2. The second kappa shape index (κ2) is 9.41. The fraction of sp³-hybridized carbons (Fsp3) is 0.409. The molecular formula is C22H29N3O3S. The predicted molar refractivity (Wildman–Crippen MR) is 116 cm³/mol. The zero-order chi connectivity index (χ0) is 20.9. The van der Waals surface area contributed by atoms with Gasteiger partial charge in [-0.2, -0.15) is 0 Å². The molecule has 0 unspecified atom stereocenters. The zero-order valence-corrected chi connectivity index (χ0v) is 17.8. The van der Waals surface area contributed by atoms with Gasteiger partial charge in [-0.1, -0.05) is 24.3 Å². The average Bonchev–Trinajstić information content (AvgIpc) is 2.71. The molecule has 0 aliphatic carbocycles. The van der Waals surface area contributed by atoms with Gasteiger partial charge in [0.2, 0.25) is 0 Å². The number of sulfonamides is 1. The van der Waals surface area contributed by atoms with E-state index in [0.717, 1.165) is 25.1 Å². The Kier molecular flexibility index (Phi) is 6.92. The molecular weight excluding hydrogens is 386 g/mol. The van der Waals surface area contributed by atoms with E-state index in [-0.39, 0.29) is 10.8 Å². The topological polar surface area (TPSA) is 78.5 Å². The van der Waals surface area contributed by atoms with Crippen LogP contribution in [0.25, 0.3) is 0 Å². The van der Waals surface area contributed by atoms with Crippen LogP contribution in [-0.4, -0.2) is 45.9 Å². The highest BCUT2D eigenvalue weighted by Crippen LogP contribution is 2.22. The third kappa shape index (κ3) is 5.81. The first-order chi connectivity index (χ1) is 13.8. The molecule has 0 saturated carbocycles. The number of nitrogens with one attached hydrogen (secondary N) is 2. The number of hydrogen-bond acceptors (Lipinski definition) is 4. The molecule has 0 radical (unpaired) electrons. The Morgan fingerprint density at radius 1 is 1.10 bits per heavy atom. The van der Waals surface area contributed by atoms with Crippen LogP contribution in [0.4, 0.5) is 5.69 Å². The van der Waals surface area contributed by atoms with Gasteiger partial charge >= 0.3 is 0 Å². The van der Waals surface area contributed by atoms with E-state index in [2.05, 4.69) is 22.0 Å². The van der Waals surface area contributed by atoms with Gasteiger partial charge in [0.1, 0.15) is 0 Å². The molecule has 0 bridgehead atoms. The van der Waals surface area contributed by atoms with Gasteiger partial charge in [-0.25, -0.2) is 8.42 Å². The van der Waals surface area contributed by atoms with Crippen molar-refractivity contribution in [1.82, 2.24) is 10.2 Å². The summed E-state index contributed by atoms with van der Waals surface area (Å²) in [6.45, 7) is 4.67. The number of anilines is 1. The maximum atomic E-state index is 12.6. The van der Waals surface area contributed by atoms with Gasteiger partial charge in [0.15, 0.2) is 0 Å². The summed E-state index contributed by atoms with van der Waals surface area (Å²) in [5.41, 5.74) is 1.62. The van der Waals surface area contributed by atoms with E-state index in [0.29, 0.717) is 23.7 Å². The van der Waals surface area contributed by atoms with Crippen molar-refractivity contribution < 1.29 is 13.2 Å². The van der Waals surface area contributed by atoms with Gasteiger partial charge in [-0.05, 0) is 82.1 Å². The molecule has 1 fully saturated rings. The summed E-state index contributed by atoms with van der Waals surface area (Å²) in [5, 5.41) is 2.97. The van der Waals surface area contributed by atoms with Crippen molar-refractivity contribution in [2.45, 2.75) is 31.1 Å². The molecule has 29 heavy (non-hydrogen) atoms. The van der Waals surface area contributed by atoms with Gasteiger partial charge in [0.25, 0.3) is 15.9 Å². The van der Waals surface area contributed by atoms with Crippen LogP contribution < -0.4 is 10.0 Å². The van der Waals surface area contributed by atoms with E-state index in [1.54, 1.807) is 36.4 Å². The molecule has 2 aromatic rings. The second-order valence-electron chi connectivity index (χ2n) is 7.74. The van der Waals surface area contributed by atoms with Crippen molar-refractivity contribution in [3.8, 4) is 0 Å². The van der Waals surface area contributed by atoms with E-state index in [1.807, 2.05) is 6.92 Å². The standard InChI is InChI=1S/C22H29N3O3S/c1-17-8-9-19(22(26)23-13-10-18-11-14-25(2)15-12-18)16-21(17)24-29(27,28)20-6-4-3-5-7-20/h3-9,16,18,24H,10-15H2,1-2H3,(H,23,26). The quantitative estimate of drug-likeness (QED) is 0.728. The van der Waals surface area contributed by atoms with Gasteiger partial charge in [-0.15, -0.1) is 0 Å². The van der Waals surface area contributed by atoms with E-state index in [1.165, 1.54) is 25.0 Å². The van der Waals surface area contributed by atoms with E-state index in [4.69, 9.17) is 0 Å². The number of piperidine rings is 1. The van der Waals surface area contributed by atoms with Crippen molar-refractivity contribution in [2.75, 3.05) is 31.4 Å². The van der Waals surface area contributed by atoms with Crippen LogP contribution in [0.3, 0.4) is 0 Å². The molecule has 1 amide bonds. The fourth-order valence-electron chi connectivity index (χ4n) is 3.52. The summed E-state index contributed by atoms with van der Waals surface area (Å²) < 4.78 is 27.8. The van der Waals surface area contributed by atoms with Gasteiger partial charge in [0.05, 0.1) is 10.6 Å². The number of nitrogens with zero attached hydrogens (tertiary/aromatic N) is 1. The third-order valence-corrected chi connectivity index (χ3v) is 6.86. The molecule has 0 atom stereocenters. The SMILES string of the molecule is Cc1ccc(C(=O)NCCC2CCN(C)CC2)cc1NS(=O)(=O)c1ccccc1. The summed E-state index contributed by atoms with van der Waals surface area (Å²) in [4.78, 5) is 15.1. The van der Waals surface area contributed by atoms with Gasteiger partial charge in [-0.3, -0.25) is 9.52 Å². The molecule has 0 aromatic heterocycles. The van der Waals surface area contributed by atoms with Crippen molar-refractivity contribution in [1.29, 1.82) is 0 Å². The smallest absolute Gasteiger partial charge is 0.261 e. The summed E-state index contributed by atoms with van der Waals surface area (Å²) in [6.07, 6.45) is 3.31. The van der Waals surface area contributed by atoms with E-state index < -0.39 is 10.0 Å². The van der Waals surface area contributed by atoms with Crippen LogP contribution in [0, 0.1) is 12.8 Å². The second-order valence-corrected chi connectivity index (χ2v) is 9.42. The van der Waals surface area contributed by atoms with Crippen LogP contribution in [0.1, 0.15) is 35.2 Å². The number of amides is 1. The monoisotopic (exact) mass is 415 g/mol. The first-order valence-electron chi connectivity index (χ1n) is 10.0. The molecule has 7 heteroatoms. The number of benzene rings is 2. The van der Waals surface area contributed by atoms with Gasteiger partial charge < -0.3 is 10.2 Å². The number of likely N-dealkylation sites (tertiary alicyclic amines) is 1. The molecule has 1 saturated heterocycles. The summed E-state index contributed by atoms with van der Waals surface area (Å²) in [7, 11) is -1.56. The highest BCUT2D eigenvalue weighted by Gasteiger charge is 2.18. The number of carbonyl (C=O) groups excluding carboxylic acids is 1. The lowest BCUT2D eigenvalue weighted by Crippen LogP contribution is -2.32. The number of aryl methyl sites for hydroxylation is 1. The minimum Gasteiger partial charge on any atom is -0.352 e. The van der Waals surface area contributed by atoms with Crippen molar-refractivity contribution in [3.05, 3.63) is 59.7 Å². The minimum atomic E-state index is -3.70. The normalized spacial score (nSPS) is 15.8. The summed E-state index contributed by atoms with van der Waals surface area (Å²) >= 11 is 0. The minimum absolute atomic E-state index is 0.182. The van der Waals surface area contributed by atoms with Crippen LogP contribution in [0.15, 0.2) is 53.4 Å². The van der Waals surface area contributed by atoms with Crippen LogP contribution in [0.5, 0.6) is 0 Å². The van der Waals surface area contributed by atoms with Crippen LogP contribution in [-0.2, 0) is 10.0 Å². The molecule has 1 aliphatic heterocycles. The van der Waals surface area contributed by atoms with Crippen LogP contribution >= 0.6 is 0 Å². The highest BCUT2D eigenvalue weighted by atomic mass is 32.2. The third-order valence-electron chi connectivity index (χ3n) is 5.47. The number of carbonyl (C=O) groups is 1. The summed E-state index contributed by atoms with van der Waals surface area (Å²) in [5.74, 6) is 0.468. The first kappa shape index (κ1) is 21.3. The molecule has 0 spiro atoms. The van der Waals surface area contributed by atoms with Gasteiger partial charge in [0, 0.05) is 12.1 Å². The predicted octanol–water partition coefficient (Wildman–Crippen LogP) is 3.26. The Morgan fingerprint density at radius 2 is 1.79 bits per heavy atom. The van der Waals surface area contributed by atoms with E-state index >= 15 is 0 Å². The molecule has 156 valence electrons. The highest BCUT2D eigenvalue weighted by molar-refractivity contribution is 7.92. The van der Waals surface area contributed by atoms with Crippen molar-refractivity contribution in [2.24, 2.45) is 5.92 Å². The maximum absolute atomic E-state index is 12.6. The lowest BCUT2D eigenvalue weighted by Gasteiger charge is -2.28. The Balaban J connectivity index is 1.61. The Labute approximate surface area is 173 Å². The lowest BCUT2D eigenvalue weighted by atomic mass is 9.94. The zero-order valence-electron chi connectivity index (χ0n) is 17.0. The first-order valence-corrected chi connectivity index (χ1v) is 11.5. The Hall–Kier alpha value is -2.38. The summed E-state index contributed by atoms with van der Waals surface area (Å²) in [6, 6.07) is 13.3. The largest absolute Gasteiger partial charge is 0.352 e. The fourth-order valence-corrected chi connectivity index (χ4v) is 4.66. The molecule has 3 rings (SSSR count). The van der Waals surface area contributed by atoms with E-state index in [9.17, 15) is 13.2 Å². The Bertz CT molecular complexity index is 937. The Morgan fingerprint density at radius 3 is 2.48 bits per heavy atom. The molecule has 1 heterocycles. The molecule has 2 aromatic carbocycles. The maximum Gasteiger partial charge on any atom is 0.261 e. The number of rotatable bonds is 7. The van der Waals surface area contributed by atoms with Crippen molar-refractivity contribution in [3.63, 3.8) is 0 Å². The lowest BCUT2D eigenvalue weighted by molar-refractivity contribution is 0.0949. The molecule has 1 aliphatic rings. The average molecular weight is 416 g/mol. The van der Waals surface area contributed by atoms with Crippen LogP contribution in [0.2, 0.25) is 0 Å². The molecule has 6 nitrogen and oxygen atoms in total. The molecule has 2 N–H and O–H groups in total.